The number of anilines is 2. The zero-order valence-electron chi connectivity index (χ0n) is 11.3. The van der Waals surface area contributed by atoms with Gasteiger partial charge in [0, 0.05) is 31.1 Å². The van der Waals surface area contributed by atoms with Gasteiger partial charge in [-0.25, -0.2) is 8.42 Å². The standard InChI is InChI=1S/C13H20N2O4S/c16-8-1-11-20(17,18)14-12-2-4-13(5-3-12)15-6-9-19-10-7-15/h2-5,14,16H,1,6-11H2. The van der Waals surface area contributed by atoms with Crippen LogP contribution in [0.1, 0.15) is 6.42 Å². The smallest absolute Gasteiger partial charge is 0.232 e. The zero-order valence-corrected chi connectivity index (χ0v) is 12.1. The monoisotopic (exact) mass is 300 g/mol. The predicted molar refractivity (Wildman–Crippen MR) is 78.6 cm³/mol. The lowest BCUT2D eigenvalue weighted by molar-refractivity contribution is 0.122. The van der Waals surface area contributed by atoms with Crippen LogP contribution in [-0.4, -0.2) is 52.2 Å². The van der Waals surface area contributed by atoms with Gasteiger partial charge in [0.25, 0.3) is 0 Å². The molecule has 1 aliphatic heterocycles. The summed E-state index contributed by atoms with van der Waals surface area (Å²) in [5.74, 6) is -0.0747. The molecule has 0 spiro atoms. The van der Waals surface area contributed by atoms with Gasteiger partial charge in [-0.15, -0.1) is 0 Å². The van der Waals surface area contributed by atoms with Gasteiger partial charge >= 0.3 is 0 Å². The molecule has 0 unspecified atom stereocenters. The second kappa shape index (κ2) is 6.92. The Morgan fingerprint density at radius 3 is 2.45 bits per heavy atom. The van der Waals surface area contributed by atoms with Crippen LogP contribution < -0.4 is 9.62 Å². The maximum atomic E-state index is 11.7. The first-order valence-corrected chi connectivity index (χ1v) is 8.30. The molecule has 1 heterocycles. The number of sulfonamides is 1. The Bertz CT molecular complexity index is 510. The van der Waals surface area contributed by atoms with Gasteiger partial charge in [-0.05, 0) is 30.7 Å². The maximum Gasteiger partial charge on any atom is 0.232 e. The summed E-state index contributed by atoms with van der Waals surface area (Å²) in [5.41, 5.74) is 1.60. The Kier molecular flexibility index (Phi) is 5.22. The summed E-state index contributed by atoms with van der Waals surface area (Å²) in [6, 6.07) is 7.30. The van der Waals surface area contributed by atoms with Gasteiger partial charge in [0.1, 0.15) is 0 Å². The minimum atomic E-state index is -3.38. The number of morpholine rings is 1. The van der Waals surface area contributed by atoms with Crippen LogP contribution in [0.25, 0.3) is 0 Å². The highest BCUT2D eigenvalue weighted by Crippen LogP contribution is 2.19. The van der Waals surface area contributed by atoms with Crippen molar-refractivity contribution in [2.75, 3.05) is 48.3 Å². The van der Waals surface area contributed by atoms with Gasteiger partial charge in [0.15, 0.2) is 0 Å². The van der Waals surface area contributed by atoms with E-state index < -0.39 is 10.0 Å². The molecule has 0 bridgehead atoms. The van der Waals surface area contributed by atoms with Crippen LogP contribution in [0.4, 0.5) is 11.4 Å². The second-order valence-electron chi connectivity index (χ2n) is 4.64. The number of nitrogens with one attached hydrogen (secondary N) is 1. The molecule has 0 aliphatic carbocycles. The molecule has 1 aromatic carbocycles. The molecule has 1 aliphatic rings. The van der Waals surface area contributed by atoms with Gasteiger partial charge in [-0.3, -0.25) is 4.72 Å². The molecular formula is C13H20N2O4S. The zero-order chi connectivity index (χ0) is 14.4. The van der Waals surface area contributed by atoms with E-state index in [1.54, 1.807) is 12.1 Å². The third-order valence-corrected chi connectivity index (χ3v) is 4.46. The molecule has 0 amide bonds. The Balaban J connectivity index is 1.97. The minimum Gasteiger partial charge on any atom is -0.396 e. The topological polar surface area (TPSA) is 78.9 Å². The van der Waals surface area contributed by atoms with E-state index in [1.807, 2.05) is 12.1 Å². The number of hydrogen-bond acceptors (Lipinski definition) is 5. The second-order valence-corrected chi connectivity index (χ2v) is 6.49. The number of ether oxygens (including phenoxy) is 1. The van der Waals surface area contributed by atoms with E-state index in [1.165, 1.54) is 0 Å². The van der Waals surface area contributed by atoms with E-state index in [9.17, 15) is 8.42 Å². The summed E-state index contributed by atoms with van der Waals surface area (Å²) in [4.78, 5) is 2.20. The highest BCUT2D eigenvalue weighted by Gasteiger charge is 2.12. The van der Waals surface area contributed by atoms with Gasteiger partial charge in [0.05, 0.1) is 19.0 Å². The van der Waals surface area contributed by atoms with E-state index in [2.05, 4.69) is 9.62 Å². The van der Waals surface area contributed by atoms with E-state index >= 15 is 0 Å². The van der Waals surface area contributed by atoms with Crippen molar-refractivity contribution in [3.63, 3.8) is 0 Å². The summed E-state index contributed by atoms with van der Waals surface area (Å²) >= 11 is 0. The quantitative estimate of drug-likeness (QED) is 0.806. The Morgan fingerprint density at radius 1 is 1.20 bits per heavy atom. The summed E-state index contributed by atoms with van der Waals surface area (Å²) in [7, 11) is -3.38. The molecule has 0 aromatic heterocycles. The number of aliphatic hydroxyl groups excluding tert-OH is 1. The van der Waals surface area contributed by atoms with Gasteiger partial charge < -0.3 is 14.7 Å². The van der Waals surface area contributed by atoms with Crippen LogP contribution in [0.2, 0.25) is 0 Å². The van der Waals surface area contributed by atoms with Crippen molar-refractivity contribution in [2.45, 2.75) is 6.42 Å². The first-order chi connectivity index (χ1) is 9.61. The van der Waals surface area contributed by atoms with Crippen LogP contribution in [0.15, 0.2) is 24.3 Å². The number of hydrogen-bond donors (Lipinski definition) is 2. The fourth-order valence-corrected chi connectivity index (χ4v) is 3.15. The van der Waals surface area contributed by atoms with Crippen molar-refractivity contribution in [2.24, 2.45) is 0 Å². The third-order valence-electron chi connectivity index (χ3n) is 3.09. The SMILES string of the molecule is O=S(=O)(CCCO)Nc1ccc(N2CCOCC2)cc1. The van der Waals surface area contributed by atoms with E-state index in [-0.39, 0.29) is 18.8 Å². The lowest BCUT2D eigenvalue weighted by Crippen LogP contribution is -2.36. The number of rotatable bonds is 6. The molecule has 0 saturated carbocycles. The Labute approximate surface area is 119 Å². The lowest BCUT2D eigenvalue weighted by atomic mass is 10.2. The summed E-state index contributed by atoms with van der Waals surface area (Å²) in [5, 5.41) is 8.67. The summed E-state index contributed by atoms with van der Waals surface area (Å²) in [6.45, 7) is 3.01. The number of aliphatic hydroxyl groups is 1. The lowest BCUT2D eigenvalue weighted by Gasteiger charge is -2.28. The van der Waals surface area contributed by atoms with E-state index in [0.717, 1.165) is 32.0 Å². The van der Waals surface area contributed by atoms with Crippen molar-refractivity contribution in [1.29, 1.82) is 0 Å². The van der Waals surface area contributed by atoms with Gasteiger partial charge in [0.2, 0.25) is 10.0 Å². The molecule has 6 nitrogen and oxygen atoms in total. The molecule has 20 heavy (non-hydrogen) atoms. The molecule has 0 atom stereocenters. The normalized spacial score (nSPS) is 16.1. The minimum absolute atomic E-state index is 0.0747. The Hall–Kier alpha value is -1.31. The predicted octanol–water partition coefficient (Wildman–Crippen LogP) is 0.647. The number of nitrogens with zero attached hydrogens (tertiary/aromatic N) is 1. The van der Waals surface area contributed by atoms with Crippen molar-refractivity contribution in [3.05, 3.63) is 24.3 Å². The summed E-state index contributed by atoms with van der Waals surface area (Å²) < 4.78 is 31.2. The third kappa shape index (κ3) is 4.36. The molecule has 1 aromatic rings. The highest BCUT2D eigenvalue weighted by molar-refractivity contribution is 7.92. The fraction of sp³-hybridized carbons (Fsp3) is 0.538. The van der Waals surface area contributed by atoms with Crippen LogP contribution in [0.3, 0.4) is 0 Å². The molecule has 112 valence electrons. The first kappa shape index (κ1) is 15.1. The average Bonchev–Trinajstić information content (AvgIpc) is 2.46. The molecule has 7 heteroatoms. The van der Waals surface area contributed by atoms with Crippen LogP contribution >= 0.6 is 0 Å². The first-order valence-electron chi connectivity index (χ1n) is 6.65. The maximum absolute atomic E-state index is 11.7. The average molecular weight is 300 g/mol. The van der Waals surface area contributed by atoms with Crippen LogP contribution in [0.5, 0.6) is 0 Å². The van der Waals surface area contributed by atoms with Crippen molar-refractivity contribution in [3.8, 4) is 0 Å². The Morgan fingerprint density at radius 2 is 1.85 bits per heavy atom. The largest absolute Gasteiger partial charge is 0.396 e. The van der Waals surface area contributed by atoms with Crippen molar-refractivity contribution < 1.29 is 18.3 Å². The summed E-state index contributed by atoms with van der Waals surface area (Å²) in [6.07, 6.45) is 0.237. The van der Waals surface area contributed by atoms with Crippen molar-refractivity contribution in [1.82, 2.24) is 0 Å². The van der Waals surface area contributed by atoms with Crippen LogP contribution in [0, 0.1) is 0 Å². The van der Waals surface area contributed by atoms with Gasteiger partial charge in [-0.2, -0.15) is 0 Å². The van der Waals surface area contributed by atoms with E-state index in [4.69, 9.17) is 9.84 Å². The molecular weight excluding hydrogens is 280 g/mol. The molecule has 0 radical (unpaired) electrons. The van der Waals surface area contributed by atoms with Gasteiger partial charge in [-0.1, -0.05) is 0 Å². The molecule has 2 rings (SSSR count). The molecule has 2 N–H and O–H groups in total. The highest BCUT2D eigenvalue weighted by atomic mass is 32.2. The molecule has 1 fully saturated rings. The fourth-order valence-electron chi connectivity index (χ4n) is 2.05. The van der Waals surface area contributed by atoms with Crippen molar-refractivity contribution >= 4 is 21.4 Å². The van der Waals surface area contributed by atoms with Crippen LogP contribution in [-0.2, 0) is 14.8 Å². The molecule has 1 saturated heterocycles. The van der Waals surface area contributed by atoms with E-state index in [0.29, 0.717) is 5.69 Å². The number of benzene rings is 1.